The monoisotopic (exact) mass is 362 g/mol. The first-order valence-electron chi connectivity index (χ1n) is 8.41. The highest BCUT2D eigenvalue weighted by Crippen LogP contribution is 2.38. The van der Waals surface area contributed by atoms with Gasteiger partial charge in [-0.3, -0.25) is 19.5 Å². The van der Waals surface area contributed by atoms with Crippen LogP contribution in [0.1, 0.15) is 24.4 Å². The number of hydrogen-bond acceptors (Lipinski definition) is 6. The maximum Gasteiger partial charge on any atom is 0.327 e. The fraction of sp³-hybridized carbons (Fsp3) is 0.529. The summed E-state index contributed by atoms with van der Waals surface area (Å²) in [5, 5.41) is 12.5. The Morgan fingerprint density at radius 2 is 2.15 bits per heavy atom. The average Bonchev–Trinajstić information content (AvgIpc) is 2.83. The number of methoxy groups -OCH3 is 1. The minimum atomic E-state index is -0.483. The Balaban J connectivity index is 1.72. The van der Waals surface area contributed by atoms with E-state index < -0.39 is 17.8 Å². The van der Waals surface area contributed by atoms with Crippen LogP contribution >= 0.6 is 0 Å². The van der Waals surface area contributed by atoms with E-state index in [0.717, 1.165) is 10.5 Å². The van der Waals surface area contributed by atoms with Crippen LogP contribution in [0.2, 0.25) is 0 Å². The standard InChI is InChI=1S/C17H22N4O5/c1-20-9-15(24)21(17(20)25)8-14(23)19-16(10-3-12(22)4-10)11-5-13(26-2)7-18-6-11/h5-7,10,12,16,22H,3-4,8-9H2,1-2H3,(H,19,23)/t10?,12?,16-/m0/s1. The molecule has 1 aliphatic carbocycles. The number of amides is 4. The zero-order valence-corrected chi connectivity index (χ0v) is 14.7. The molecule has 9 heteroatoms. The number of ether oxygens (including phenoxy) is 1. The third-order valence-electron chi connectivity index (χ3n) is 4.80. The van der Waals surface area contributed by atoms with Gasteiger partial charge in [0.2, 0.25) is 5.91 Å². The zero-order chi connectivity index (χ0) is 18.8. The van der Waals surface area contributed by atoms with Gasteiger partial charge < -0.3 is 20.1 Å². The summed E-state index contributed by atoms with van der Waals surface area (Å²) in [4.78, 5) is 42.6. The molecule has 0 radical (unpaired) electrons. The Kier molecular flexibility index (Phi) is 5.08. The number of imide groups is 1. The fourth-order valence-corrected chi connectivity index (χ4v) is 3.28. The Morgan fingerprint density at radius 3 is 2.73 bits per heavy atom. The molecular weight excluding hydrogens is 340 g/mol. The van der Waals surface area contributed by atoms with Gasteiger partial charge in [-0.15, -0.1) is 0 Å². The lowest BCUT2D eigenvalue weighted by molar-refractivity contribution is -0.131. The molecule has 1 aliphatic heterocycles. The van der Waals surface area contributed by atoms with E-state index in [0.29, 0.717) is 18.6 Å². The molecule has 0 aromatic carbocycles. The maximum absolute atomic E-state index is 12.5. The summed E-state index contributed by atoms with van der Waals surface area (Å²) >= 11 is 0. The van der Waals surface area contributed by atoms with Gasteiger partial charge in [-0.2, -0.15) is 0 Å². The molecule has 0 spiro atoms. The molecule has 26 heavy (non-hydrogen) atoms. The van der Waals surface area contributed by atoms with E-state index in [2.05, 4.69) is 10.3 Å². The first-order chi connectivity index (χ1) is 12.4. The van der Waals surface area contributed by atoms with Crippen LogP contribution in [0.5, 0.6) is 5.75 Å². The van der Waals surface area contributed by atoms with E-state index in [4.69, 9.17) is 4.74 Å². The average molecular weight is 362 g/mol. The van der Waals surface area contributed by atoms with Crippen LogP contribution in [-0.4, -0.2) is 71.1 Å². The van der Waals surface area contributed by atoms with Crippen molar-refractivity contribution in [1.82, 2.24) is 20.1 Å². The topological polar surface area (TPSA) is 112 Å². The van der Waals surface area contributed by atoms with Crippen LogP contribution in [-0.2, 0) is 9.59 Å². The quantitative estimate of drug-likeness (QED) is 0.684. The molecule has 9 nitrogen and oxygen atoms in total. The minimum Gasteiger partial charge on any atom is -0.495 e. The van der Waals surface area contributed by atoms with E-state index in [1.54, 1.807) is 18.5 Å². The number of nitrogens with zero attached hydrogens (tertiary/aromatic N) is 3. The van der Waals surface area contributed by atoms with Gasteiger partial charge in [0, 0.05) is 13.2 Å². The predicted octanol–water partition coefficient (Wildman–Crippen LogP) is -0.0876. The largest absolute Gasteiger partial charge is 0.495 e. The van der Waals surface area contributed by atoms with Gasteiger partial charge >= 0.3 is 6.03 Å². The van der Waals surface area contributed by atoms with Crippen LogP contribution in [0.4, 0.5) is 4.79 Å². The molecule has 4 amide bonds. The van der Waals surface area contributed by atoms with Gasteiger partial charge in [-0.25, -0.2) is 4.79 Å². The van der Waals surface area contributed by atoms with Crippen molar-refractivity contribution in [3.8, 4) is 5.75 Å². The molecule has 1 saturated carbocycles. The summed E-state index contributed by atoms with van der Waals surface area (Å²) in [6, 6.07) is 0.922. The molecule has 2 fully saturated rings. The van der Waals surface area contributed by atoms with Crippen LogP contribution < -0.4 is 10.1 Å². The number of likely N-dealkylation sites (N-methyl/N-ethyl adjacent to an activating group) is 1. The second-order valence-corrected chi connectivity index (χ2v) is 6.71. The van der Waals surface area contributed by atoms with Gasteiger partial charge in [-0.1, -0.05) is 0 Å². The van der Waals surface area contributed by atoms with Gasteiger partial charge in [0.15, 0.2) is 0 Å². The molecular formula is C17H22N4O5. The Bertz CT molecular complexity index is 719. The van der Waals surface area contributed by atoms with Gasteiger partial charge in [0.05, 0.1) is 25.5 Å². The van der Waals surface area contributed by atoms with Gasteiger partial charge in [-0.05, 0) is 30.4 Å². The van der Waals surface area contributed by atoms with E-state index in [-0.39, 0.29) is 31.2 Å². The highest BCUT2D eigenvalue weighted by atomic mass is 16.5. The van der Waals surface area contributed by atoms with Gasteiger partial charge in [0.1, 0.15) is 18.8 Å². The van der Waals surface area contributed by atoms with Crippen LogP contribution in [0.15, 0.2) is 18.5 Å². The SMILES string of the molecule is COc1cncc([C@@H](NC(=O)CN2C(=O)CN(C)C2=O)C2CC(O)C2)c1. The lowest BCUT2D eigenvalue weighted by atomic mass is 9.75. The van der Waals surface area contributed by atoms with Gasteiger partial charge in [0.25, 0.3) is 5.91 Å². The third-order valence-corrected chi connectivity index (χ3v) is 4.80. The fourth-order valence-electron chi connectivity index (χ4n) is 3.28. The van der Waals surface area contributed by atoms with Crippen molar-refractivity contribution in [3.05, 3.63) is 24.0 Å². The number of rotatable bonds is 6. The van der Waals surface area contributed by atoms with Crippen LogP contribution in [0, 0.1) is 5.92 Å². The first kappa shape index (κ1) is 18.1. The number of aliphatic hydroxyl groups excluding tert-OH is 1. The number of hydrogen-bond donors (Lipinski definition) is 2. The minimum absolute atomic E-state index is 0.0236. The number of pyridine rings is 1. The molecule has 2 aliphatic rings. The molecule has 2 N–H and O–H groups in total. The normalized spacial score (nSPS) is 23.7. The zero-order valence-electron chi connectivity index (χ0n) is 14.7. The molecule has 3 rings (SSSR count). The van der Waals surface area contributed by atoms with E-state index >= 15 is 0 Å². The summed E-state index contributed by atoms with van der Waals surface area (Å²) in [6.07, 6.45) is 3.94. The van der Waals surface area contributed by atoms with Crippen molar-refractivity contribution in [3.63, 3.8) is 0 Å². The number of aromatic nitrogens is 1. The van der Waals surface area contributed by atoms with Crippen molar-refractivity contribution >= 4 is 17.8 Å². The third kappa shape index (κ3) is 3.62. The number of aliphatic hydroxyl groups is 1. The number of nitrogens with one attached hydrogen (secondary N) is 1. The Hall–Kier alpha value is -2.68. The smallest absolute Gasteiger partial charge is 0.327 e. The first-order valence-corrected chi connectivity index (χ1v) is 8.41. The Labute approximate surface area is 150 Å². The van der Waals surface area contributed by atoms with Crippen LogP contribution in [0.3, 0.4) is 0 Å². The summed E-state index contributed by atoms with van der Waals surface area (Å²) in [7, 11) is 3.04. The number of urea groups is 1. The van der Waals surface area contributed by atoms with Crippen molar-refractivity contribution in [1.29, 1.82) is 0 Å². The summed E-state index contributed by atoms with van der Waals surface area (Å²) < 4.78 is 5.18. The summed E-state index contributed by atoms with van der Waals surface area (Å²) in [5.74, 6) is -0.217. The van der Waals surface area contributed by atoms with Crippen molar-refractivity contribution in [2.75, 3.05) is 27.2 Å². The van der Waals surface area contributed by atoms with E-state index in [9.17, 15) is 19.5 Å². The van der Waals surface area contributed by atoms with Crippen molar-refractivity contribution in [2.45, 2.75) is 25.0 Å². The summed E-state index contributed by atoms with van der Waals surface area (Å²) in [5.41, 5.74) is 0.755. The molecule has 1 aromatic heterocycles. The highest BCUT2D eigenvalue weighted by molar-refractivity contribution is 6.04. The summed E-state index contributed by atoms with van der Waals surface area (Å²) in [6.45, 7) is -0.352. The molecule has 2 heterocycles. The van der Waals surface area contributed by atoms with Crippen LogP contribution in [0.25, 0.3) is 0 Å². The lowest BCUT2D eigenvalue weighted by Crippen LogP contribution is -2.46. The van der Waals surface area contributed by atoms with E-state index in [1.807, 2.05) is 0 Å². The molecule has 1 atom stereocenters. The number of carbonyl (C=O) groups is 3. The second kappa shape index (κ2) is 7.28. The molecule has 1 aromatic rings. The predicted molar refractivity (Wildman–Crippen MR) is 90.1 cm³/mol. The lowest BCUT2D eigenvalue weighted by Gasteiger charge is -2.38. The Morgan fingerprint density at radius 1 is 1.42 bits per heavy atom. The van der Waals surface area contributed by atoms with Crippen molar-refractivity contribution < 1.29 is 24.2 Å². The molecule has 1 saturated heterocycles. The molecule has 0 bridgehead atoms. The molecule has 140 valence electrons. The number of carbonyl (C=O) groups excluding carboxylic acids is 3. The van der Waals surface area contributed by atoms with E-state index in [1.165, 1.54) is 19.1 Å². The van der Waals surface area contributed by atoms with Crippen molar-refractivity contribution in [2.24, 2.45) is 5.92 Å². The maximum atomic E-state index is 12.5. The second-order valence-electron chi connectivity index (χ2n) is 6.71. The highest BCUT2D eigenvalue weighted by Gasteiger charge is 2.38. The molecule has 0 unspecified atom stereocenters.